The molecule has 0 saturated heterocycles. The maximum atomic E-state index is 12.6. The lowest BCUT2D eigenvalue weighted by atomic mass is 10.0. The van der Waals surface area contributed by atoms with Gasteiger partial charge < -0.3 is 31.9 Å². The molecule has 10 nitrogen and oxygen atoms in total. The normalized spacial score (nSPS) is 12.3. The molecule has 2 aromatic carbocycles. The zero-order chi connectivity index (χ0) is 27.2. The van der Waals surface area contributed by atoms with Gasteiger partial charge in [0.05, 0.1) is 0 Å². The van der Waals surface area contributed by atoms with E-state index in [1.807, 2.05) is 39.8 Å². The standard InChI is InChI=1S/C27H38N6O4/c1-18(2)22(32-26(36)30-20-12-7-5-8-13-20)24(34)28-16-11-17-29-25(35)23(19(3)4)33-27(37)31-21-14-9-6-10-15-21/h5-10,12-15,18-19,22-23H,11,16-17H2,1-4H3,(H,28,34)(H,29,35)(H2,30,32,36)(H2,31,33,37)/t22-,23-/m0/s1. The smallest absolute Gasteiger partial charge is 0.319 e. The van der Waals surface area contributed by atoms with Gasteiger partial charge in [-0.25, -0.2) is 9.59 Å². The second-order valence-corrected chi connectivity index (χ2v) is 9.31. The van der Waals surface area contributed by atoms with Crippen LogP contribution in [0.25, 0.3) is 0 Å². The Kier molecular flexibility index (Phi) is 11.9. The van der Waals surface area contributed by atoms with Gasteiger partial charge in [-0.2, -0.15) is 0 Å². The first-order valence-corrected chi connectivity index (χ1v) is 12.5. The zero-order valence-electron chi connectivity index (χ0n) is 21.8. The van der Waals surface area contributed by atoms with E-state index in [9.17, 15) is 19.2 Å². The van der Waals surface area contributed by atoms with E-state index in [1.54, 1.807) is 48.5 Å². The molecule has 0 radical (unpaired) electrons. The number of carbonyl (C=O) groups is 4. The average Bonchev–Trinajstić information content (AvgIpc) is 2.86. The van der Waals surface area contributed by atoms with Crippen LogP contribution >= 0.6 is 0 Å². The van der Waals surface area contributed by atoms with Crippen molar-refractivity contribution in [3.8, 4) is 0 Å². The zero-order valence-corrected chi connectivity index (χ0v) is 21.8. The molecule has 0 aromatic heterocycles. The van der Waals surface area contributed by atoms with Crippen molar-refractivity contribution in [3.63, 3.8) is 0 Å². The van der Waals surface area contributed by atoms with E-state index in [4.69, 9.17) is 0 Å². The molecule has 2 aromatic rings. The van der Waals surface area contributed by atoms with Crippen molar-refractivity contribution < 1.29 is 19.2 Å². The van der Waals surface area contributed by atoms with Crippen molar-refractivity contribution >= 4 is 35.3 Å². The molecule has 0 aliphatic rings. The van der Waals surface area contributed by atoms with Crippen molar-refractivity contribution in [2.75, 3.05) is 23.7 Å². The SMILES string of the molecule is CC(C)[C@H](NC(=O)Nc1ccccc1)C(=O)NCCCNC(=O)[C@@H](NC(=O)Nc1ccccc1)C(C)C. The van der Waals surface area contributed by atoms with Crippen LogP contribution in [0, 0.1) is 11.8 Å². The molecular formula is C27H38N6O4. The van der Waals surface area contributed by atoms with Gasteiger partial charge in [0.2, 0.25) is 11.8 Å². The van der Waals surface area contributed by atoms with Crippen LogP contribution in [0.2, 0.25) is 0 Å². The highest BCUT2D eigenvalue weighted by Gasteiger charge is 2.25. The molecule has 0 bridgehead atoms. The predicted molar refractivity (Wildman–Crippen MR) is 145 cm³/mol. The van der Waals surface area contributed by atoms with Crippen LogP contribution in [0.15, 0.2) is 60.7 Å². The number of benzene rings is 2. The third-order valence-electron chi connectivity index (χ3n) is 5.49. The molecule has 37 heavy (non-hydrogen) atoms. The van der Waals surface area contributed by atoms with Crippen LogP contribution in [-0.2, 0) is 9.59 Å². The molecule has 0 fully saturated rings. The van der Waals surface area contributed by atoms with Gasteiger partial charge in [-0.05, 0) is 42.5 Å². The Morgan fingerprint density at radius 3 is 1.27 bits per heavy atom. The van der Waals surface area contributed by atoms with Gasteiger partial charge in [-0.15, -0.1) is 0 Å². The molecule has 0 aliphatic heterocycles. The van der Waals surface area contributed by atoms with E-state index < -0.39 is 24.1 Å². The summed E-state index contributed by atoms with van der Waals surface area (Å²) in [6, 6.07) is 15.6. The Morgan fingerprint density at radius 2 is 0.946 bits per heavy atom. The van der Waals surface area contributed by atoms with Gasteiger partial charge in [0.25, 0.3) is 0 Å². The van der Waals surface area contributed by atoms with Crippen molar-refractivity contribution in [2.24, 2.45) is 11.8 Å². The third kappa shape index (κ3) is 10.6. The fraction of sp³-hybridized carbons (Fsp3) is 0.407. The van der Waals surface area contributed by atoms with Crippen LogP contribution < -0.4 is 31.9 Å². The molecule has 200 valence electrons. The van der Waals surface area contributed by atoms with Crippen LogP contribution in [0.3, 0.4) is 0 Å². The second-order valence-electron chi connectivity index (χ2n) is 9.31. The molecule has 0 heterocycles. The Labute approximate surface area is 218 Å². The largest absolute Gasteiger partial charge is 0.354 e. The molecule has 6 amide bonds. The topological polar surface area (TPSA) is 140 Å². The minimum atomic E-state index is -0.712. The number of nitrogens with one attached hydrogen (secondary N) is 6. The molecular weight excluding hydrogens is 472 g/mol. The van der Waals surface area contributed by atoms with Crippen LogP contribution in [0.1, 0.15) is 34.1 Å². The number of anilines is 2. The minimum Gasteiger partial charge on any atom is -0.354 e. The molecule has 0 saturated carbocycles. The van der Waals surface area contributed by atoms with Crippen molar-refractivity contribution in [1.82, 2.24) is 21.3 Å². The lowest BCUT2D eigenvalue weighted by Gasteiger charge is -2.23. The molecule has 10 heteroatoms. The summed E-state index contributed by atoms with van der Waals surface area (Å²) in [7, 11) is 0. The Balaban J connectivity index is 1.74. The van der Waals surface area contributed by atoms with Gasteiger partial charge >= 0.3 is 12.1 Å². The van der Waals surface area contributed by atoms with Crippen LogP contribution in [0.5, 0.6) is 0 Å². The first kappa shape index (κ1) is 29.2. The summed E-state index contributed by atoms with van der Waals surface area (Å²) in [4.78, 5) is 49.9. The second kappa shape index (κ2) is 15.1. The molecule has 0 spiro atoms. The Morgan fingerprint density at radius 1 is 0.595 bits per heavy atom. The predicted octanol–water partition coefficient (Wildman–Crippen LogP) is 3.30. The monoisotopic (exact) mass is 510 g/mol. The first-order valence-electron chi connectivity index (χ1n) is 12.5. The quantitative estimate of drug-likeness (QED) is 0.244. The number of amides is 6. The van der Waals surface area contributed by atoms with E-state index >= 15 is 0 Å². The maximum absolute atomic E-state index is 12.6. The van der Waals surface area contributed by atoms with E-state index in [2.05, 4.69) is 31.9 Å². The van der Waals surface area contributed by atoms with Gasteiger partial charge in [0.1, 0.15) is 12.1 Å². The van der Waals surface area contributed by atoms with E-state index in [-0.39, 0.29) is 23.7 Å². The van der Waals surface area contributed by atoms with E-state index in [0.29, 0.717) is 30.9 Å². The molecule has 2 atom stereocenters. The average molecular weight is 511 g/mol. The van der Waals surface area contributed by atoms with Crippen molar-refractivity contribution in [3.05, 3.63) is 60.7 Å². The summed E-state index contributed by atoms with van der Waals surface area (Å²) >= 11 is 0. The highest BCUT2D eigenvalue weighted by molar-refractivity contribution is 5.94. The van der Waals surface area contributed by atoms with Crippen molar-refractivity contribution in [2.45, 2.75) is 46.2 Å². The summed E-state index contributed by atoms with van der Waals surface area (Å²) in [6.45, 7) is 8.03. The van der Waals surface area contributed by atoms with Gasteiger partial charge in [0, 0.05) is 24.5 Å². The number of hydrogen-bond acceptors (Lipinski definition) is 4. The summed E-state index contributed by atoms with van der Waals surface area (Å²) in [6.07, 6.45) is 0.486. The number of rotatable bonds is 12. The Bertz CT molecular complexity index is 933. The maximum Gasteiger partial charge on any atom is 0.319 e. The number of carbonyl (C=O) groups excluding carboxylic acids is 4. The number of urea groups is 2. The summed E-state index contributed by atoms with van der Waals surface area (Å²) < 4.78 is 0. The van der Waals surface area contributed by atoms with Crippen LogP contribution in [-0.4, -0.2) is 49.0 Å². The van der Waals surface area contributed by atoms with Crippen LogP contribution in [0.4, 0.5) is 21.0 Å². The van der Waals surface area contributed by atoms with E-state index in [0.717, 1.165) is 0 Å². The van der Waals surface area contributed by atoms with Gasteiger partial charge in [-0.3, -0.25) is 9.59 Å². The molecule has 0 unspecified atom stereocenters. The lowest BCUT2D eigenvalue weighted by molar-refractivity contribution is -0.124. The minimum absolute atomic E-state index is 0.124. The summed E-state index contributed by atoms with van der Waals surface area (Å²) in [5.41, 5.74) is 1.26. The van der Waals surface area contributed by atoms with Gasteiger partial charge in [0.15, 0.2) is 0 Å². The summed E-state index contributed by atoms with van der Waals surface area (Å²) in [5.74, 6) is -0.852. The first-order chi connectivity index (χ1) is 17.7. The number of hydrogen-bond donors (Lipinski definition) is 6. The highest BCUT2D eigenvalue weighted by atomic mass is 16.2. The van der Waals surface area contributed by atoms with Gasteiger partial charge in [-0.1, -0.05) is 64.1 Å². The Hall–Kier alpha value is -4.08. The fourth-order valence-corrected chi connectivity index (χ4v) is 3.46. The molecule has 6 N–H and O–H groups in total. The summed E-state index contributed by atoms with van der Waals surface area (Å²) in [5, 5.41) is 16.4. The third-order valence-corrected chi connectivity index (χ3v) is 5.49. The van der Waals surface area contributed by atoms with Crippen molar-refractivity contribution in [1.29, 1.82) is 0 Å². The fourth-order valence-electron chi connectivity index (χ4n) is 3.46. The number of para-hydroxylation sites is 2. The molecule has 0 aliphatic carbocycles. The highest BCUT2D eigenvalue weighted by Crippen LogP contribution is 2.08. The molecule has 2 rings (SSSR count). The lowest BCUT2D eigenvalue weighted by Crippen LogP contribution is -2.52. The van der Waals surface area contributed by atoms with E-state index in [1.165, 1.54) is 0 Å².